The topological polar surface area (TPSA) is 45.2 Å². The fraction of sp³-hybridized carbons (Fsp3) is 0.0526. The maximum Gasteiger partial charge on any atom is 0.326 e. The van der Waals surface area contributed by atoms with Gasteiger partial charge in [-0.3, -0.25) is 4.90 Å². The Morgan fingerprint density at radius 3 is 2.54 bits per heavy atom. The smallest absolute Gasteiger partial charge is 0.326 e. The van der Waals surface area contributed by atoms with E-state index in [0.717, 1.165) is 17.8 Å². The van der Waals surface area contributed by atoms with Crippen LogP contribution in [0, 0.1) is 11.6 Å². The Labute approximate surface area is 173 Å². The number of hydrogen-bond donors (Lipinski definition) is 1. The summed E-state index contributed by atoms with van der Waals surface area (Å²) < 4.78 is 27.0. The first-order chi connectivity index (χ1) is 13.4. The third-order valence-corrected chi connectivity index (χ3v) is 5.64. The molecule has 3 aromatic rings. The third kappa shape index (κ3) is 3.53. The lowest BCUT2D eigenvalue weighted by molar-refractivity contribution is 0.246. The van der Waals surface area contributed by atoms with E-state index in [1.54, 1.807) is 30.3 Å². The predicted octanol–water partition coefficient (Wildman–Crippen LogP) is 6.18. The molecule has 28 heavy (non-hydrogen) atoms. The molecule has 2 aromatic carbocycles. The van der Waals surface area contributed by atoms with Gasteiger partial charge in [0.2, 0.25) is 0 Å². The van der Waals surface area contributed by atoms with Crippen LogP contribution in [0.15, 0.2) is 58.5 Å². The maximum atomic E-state index is 13.9. The molecule has 1 N–H and O–H groups in total. The molecule has 4 rings (SSSR count). The van der Waals surface area contributed by atoms with E-state index in [1.165, 1.54) is 17.0 Å². The molecule has 0 aliphatic carbocycles. The Kier molecular flexibility index (Phi) is 5.14. The minimum absolute atomic E-state index is 0.201. The van der Waals surface area contributed by atoms with Crippen LogP contribution in [0.4, 0.5) is 25.0 Å². The number of benzene rings is 2. The molecule has 0 bridgehead atoms. The summed E-state index contributed by atoms with van der Waals surface area (Å²) in [6.07, 6.45) is 0. The van der Waals surface area contributed by atoms with Gasteiger partial charge >= 0.3 is 6.03 Å². The van der Waals surface area contributed by atoms with Crippen molar-refractivity contribution in [2.75, 3.05) is 4.90 Å². The quantitative estimate of drug-likeness (QED) is 0.531. The lowest BCUT2D eigenvalue weighted by Crippen LogP contribution is -2.41. The number of rotatable bonds is 3. The first-order valence-electron chi connectivity index (χ1n) is 8.09. The number of halogens is 4. The zero-order valence-electron chi connectivity index (χ0n) is 14.0. The lowest BCUT2D eigenvalue weighted by atomic mass is 10.2. The highest BCUT2D eigenvalue weighted by molar-refractivity contribution is 7.99. The number of hydrogen-bond acceptors (Lipinski definition) is 3. The van der Waals surface area contributed by atoms with Gasteiger partial charge in [-0.25, -0.2) is 18.6 Å². The van der Waals surface area contributed by atoms with E-state index in [9.17, 15) is 13.6 Å². The molecule has 0 fully saturated rings. The highest BCUT2D eigenvalue weighted by atomic mass is 35.5. The van der Waals surface area contributed by atoms with E-state index < -0.39 is 11.6 Å². The number of carbonyl (C=O) groups excluding carboxylic acids is 1. The minimum atomic E-state index is -0.665. The molecule has 4 nitrogen and oxygen atoms in total. The van der Waals surface area contributed by atoms with Crippen molar-refractivity contribution in [2.24, 2.45) is 0 Å². The monoisotopic (exact) mass is 437 g/mol. The first-order valence-corrected chi connectivity index (χ1v) is 9.66. The summed E-state index contributed by atoms with van der Waals surface area (Å²) >= 11 is 13.6. The molecule has 1 aliphatic rings. The van der Waals surface area contributed by atoms with Crippen LogP contribution >= 0.6 is 35.0 Å². The molecule has 0 spiro atoms. The van der Waals surface area contributed by atoms with Gasteiger partial charge in [0.05, 0.1) is 33.7 Å². The number of anilines is 2. The predicted molar refractivity (Wildman–Crippen MR) is 106 cm³/mol. The van der Waals surface area contributed by atoms with E-state index in [1.807, 2.05) is 0 Å². The van der Waals surface area contributed by atoms with Crippen molar-refractivity contribution in [1.82, 2.24) is 10.3 Å². The Bertz CT molecular complexity index is 1080. The van der Waals surface area contributed by atoms with Crippen LogP contribution < -0.4 is 10.2 Å². The zero-order valence-corrected chi connectivity index (χ0v) is 16.4. The average molecular weight is 438 g/mol. The van der Waals surface area contributed by atoms with E-state index in [4.69, 9.17) is 23.2 Å². The number of pyridine rings is 1. The van der Waals surface area contributed by atoms with Gasteiger partial charge in [0.15, 0.2) is 0 Å². The molecule has 2 amide bonds. The maximum absolute atomic E-state index is 13.9. The van der Waals surface area contributed by atoms with Crippen LogP contribution in [0.3, 0.4) is 0 Å². The van der Waals surface area contributed by atoms with Gasteiger partial charge in [0.25, 0.3) is 0 Å². The Hall–Kier alpha value is -2.35. The average Bonchev–Trinajstić information content (AvgIpc) is 2.65. The van der Waals surface area contributed by atoms with Gasteiger partial charge in [-0.05, 0) is 36.4 Å². The molecule has 2 heterocycles. The SMILES string of the molecule is O=C1NCc2nc(Sc3ccc(F)cc3F)ccc2N1c1c(Cl)cccc1Cl. The second-order valence-electron chi connectivity index (χ2n) is 5.86. The zero-order chi connectivity index (χ0) is 19.8. The summed E-state index contributed by atoms with van der Waals surface area (Å²) in [5.41, 5.74) is 1.46. The van der Waals surface area contributed by atoms with Crippen LogP contribution in [0.2, 0.25) is 10.0 Å². The van der Waals surface area contributed by atoms with Crippen molar-refractivity contribution >= 4 is 52.4 Å². The summed E-state index contributed by atoms with van der Waals surface area (Å²) in [5, 5.41) is 3.87. The van der Waals surface area contributed by atoms with Crippen molar-refractivity contribution in [3.63, 3.8) is 0 Å². The van der Waals surface area contributed by atoms with Crippen molar-refractivity contribution in [2.45, 2.75) is 16.5 Å². The van der Waals surface area contributed by atoms with Crippen molar-refractivity contribution in [3.05, 3.63) is 75.9 Å². The van der Waals surface area contributed by atoms with E-state index in [-0.39, 0.29) is 17.5 Å². The van der Waals surface area contributed by atoms with Gasteiger partial charge < -0.3 is 5.32 Å². The van der Waals surface area contributed by atoms with Crippen LogP contribution in [0.25, 0.3) is 0 Å². The molecule has 0 atom stereocenters. The third-order valence-electron chi connectivity index (χ3n) is 4.05. The van der Waals surface area contributed by atoms with Crippen molar-refractivity contribution < 1.29 is 13.6 Å². The summed E-state index contributed by atoms with van der Waals surface area (Å²) in [6.45, 7) is 0.201. The lowest BCUT2D eigenvalue weighted by Gasteiger charge is -2.30. The number of aromatic nitrogens is 1. The largest absolute Gasteiger partial charge is 0.332 e. The number of carbonyl (C=O) groups is 1. The normalized spacial score (nSPS) is 13.3. The molecule has 142 valence electrons. The molecule has 1 aromatic heterocycles. The minimum Gasteiger partial charge on any atom is -0.332 e. The van der Waals surface area contributed by atoms with Gasteiger partial charge in [0.1, 0.15) is 16.7 Å². The van der Waals surface area contributed by atoms with E-state index in [2.05, 4.69) is 10.3 Å². The molecule has 0 saturated heterocycles. The summed E-state index contributed by atoms with van der Waals surface area (Å²) in [7, 11) is 0. The standard InChI is InChI=1S/C19H11Cl2F2N3OS/c20-11-2-1-3-12(21)18(11)26-15-5-7-17(25-14(15)9-24-19(26)27)28-16-6-4-10(22)8-13(16)23/h1-8H,9H2,(H,24,27). The number of amides is 2. The Morgan fingerprint density at radius 1 is 1.07 bits per heavy atom. The molecule has 0 unspecified atom stereocenters. The van der Waals surface area contributed by atoms with Crippen molar-refractivity contribution in [3.8, 4) is 0 Å². The molecular formula is C19H11Cl2F2N3OS. The number of nitrogens with one attached hydrogen (secondary N) is 1. The molecule has 9 heteroatoms. The van der Waals surface area contributed by atoms with Crippen LogP contribution in [-0.4, -0.2) is 11.0 Å². The van der Waals surface area contributed by atoms with Crippen LogP contribution in [0.1, 0.15) is 5.69 Å². The molecule has 1 aliphatic heterocycles. The first kappa shape index (κ1) is 19.0. The molecule has 0 radical (unpaired) electrons. The molecular weight excluding hydrogens is 427 g/mol. The number of urea groups is 1. The van der Waals surface area contributed by atoms with Gasteiger partial charge in [-0.15, -0.1) is 0 Å². The number of fused-ring (bicyclic) bond motifs is 1. The Balaban J connectivity index is 1.72. The highest BCUT2D eigenvalue weighted by Gasteiger charge is 2.29. The highest BCUT2D eigenvalue weighted by Crippen LogP contribution is 2.41. The summed E-state index contributed by atoms with van der Waals surface area (Å²) in [5.74, 6) is -1.31. The number of nitrogens with zero attached hydrogens (tertiary/aromatic N) is 2. The summed E-state index contributed by atoms with van der Waals surface area (Å²) in [6, 6.07) is 11.3. The van der Waals surface area contributed by atoms with Crippen LogP contribution in [-0.2, 0) is 6.54 Å². The summed E-state index contributed by atoms with van der Waals surface area (Å²) in [4.78, 5) is 18.6. The van der Waals surface area contributed by atoms with Crippen molar-refractivity contribution in [1.29, 1.82) is 0 Å². The van der Waals surface area contributed by atoms with Gasteiger partial charge in [-0.1, -0.05) is 41.0 Å². The fourth-order valence-electron chi connectivity index (χ4n) is 2.81. The second kappa shape index (κ2) is 7.58. The van der Waals surface area contributed by atoms with Crippen LogP contribution in [0.5, 0.6) is 0 Å². The fourth-order valence-corrected chi connectivity index (χ4v) is 4.18. The van der Waals surface area contributed by atoms with Gasteiger partial charge in [0, 0.05) is 11.0 Å². The van der Waals surface area contributed by atoms with Gasteiger partial charge in [-0.2, -0.15) is 0 Å². The number of para-hydroxylation sites is 1. The molecule has 0 saturated carbocycles. The second-order valence-corrected chi connectivity index (χ2v) is 7.73. The van der Waals surface area contributed by atoms with E-state index in [0.29, 0.717) is 32.1 Å². The Morgan fingerprint density at radius 2 is 1.82 bits per heavy atom. The van der Waals surface area contributed by atoms with E-state index >= 15 is 0 Å².